The highest BCUT2D eigenvalue weighted by Gasteiger charge is 2.28. The second kappa shape index (κ2) is 32.6. The van der Waals surface area contributed by atoms with Crippen molar-refractivity contribution in [2.75, 3.05) is 81.6 Å². The molecular formula is C54H68Br2Cl4FN5O5. The molecular weight excluding hydrogens is 1120 g/mol. The van der Waals surface area contributed by atoms with Gasteiger partial charge < -0.3 is 34.1 Å². The quantitative estimate of drug-likeness (QED) is 0.0913. The lowest BCUT2D eigenvalue weighted by atomic mass is 9.89. The molecule has 0 bridgehead atoms. The largest absolute Gasteiger partial charge is 0.492 e. The minimum atomic E-state index is -0.451. The van der Waals surface area contributed by atoms with E-state index in [1.807, 2.05) is 69.4 Å². The van der Waals surface area contributed by atoms with Gasteiger partial charge in [0.1, 0.15) is 48.5 Å². The van der Waals surface area contributed by atoms with Gasteiger partial charge in [-0.3, -0.25) is 0 Å². The molecule has 0 saturated carbocycles. The molecule has 0 aliphatic carbocycles. The van der Waals surface area contributed by atoms with Crippen molar-refractivity contribution in [3.05, 3.63) is 141 Å². The second-order valence-corrected chi connectivity index (χ2v) is 20.9. The van der Waals surface area contributed by atoms with E-state index in [1.165, 1.54) is 41.8 Å². The Morgan fingerprint density at radius 2 is 1.00 bits per heavy atom. The summed E-state index contributed by atoms with van der Waals surface area (Å²) in [7, 11) is 0. The molecule has 5 heterocycles. The number of nitrogens with one attached hydrogen (secondary N) is 1. The average molecular weight is 1190 g/mol. The smallest absolute Gasteiger partial charge is 0.410 e. The average Bonchev–Trinajstić information content (AvgIpc) is 3.39. The summed E-state index contributed by atoms with van der Waals surface area (Å²) in [6, 6.07) is 32.1. The fraction of sp³-hybridized carbons (Fsp3) is 0.463. The molecule has 17 heteroatoms. The third-order valence-corrected chi connectivity index (χ3v) is 13.2. The van der Waals surface area contributed by atoms with Crippen molar-refractivity contribution in [3.63, 3.8) is 0 Å². The van der Waals surface area contributed by atoms with E-state index in [4.69, 9.17) is 53.8 Å². The summed E-state index contributed by atoms with van der Waals surface area (Å²) >= 11 is 23.4. The summed E-state index contributed by atoms with van der Waals surface area (Å²) in [5.74, 6) is 6.63. The third-order valence-electron chi connectivity index (χ3n) is 11.8. The number of carbonyl (C=O) groups excluding carboxylic acids is 1. The first kappa shape index (κ1) is 60.0. The number of likely N-dealkylation sites (tertiary alicyclic amines) is 1. The number of ether oxygens (including phenoxy) is 4. The Balaban J connectivity index is 0.000000216. The van der Waals surface area contributed by atoms with E-state index in [9.17, 15) is 9.18 Å². The van der Waals surface area contributed by atoms with Gasteiger partial charge in [-0.15, -0.1) is 47.2 Å². The van der Waals surface area contributed by atoms with Crippen LogP contribution in [0.25, 0.3) is 0 Å². The van der Waals surface area contributed by atoms with Crippen LogP contribution < -0.4 is 24.4 Å². The number of alkyl halides is 3. The van der Waals surface area contributed by atoms with Gasteiger partial charge in [0.2, 0.25) is 5.95 Å². The molecule has 3 aliphatic heterocycles. The van der Waals surface area contributed by atoms with Crippen LogP contribution in [0.4, 0.5) is 15.0 Å². The van der Waals surface area contributed by atoms with Gasteiger partial charge in [0.15, 0.2) is 0 Å². The molecule has 10 nitrogen and oxygen atoms in total. The summed E-state index contributed by atoms with van der Waals surface area (Å²) in [5, 5.41) is 3.38. The van der Waals surface area contributed by atoms with Gasteiger partial charge in [0.05, 0.1) is 17.6 Å². The van der Waals surface area contributed by atoms with Crippen molar-refractivity contribution in [2.45, 2.75) is 82.7 Å². The van der Waals surface area contributed by atoms with Crippen molar-refractivity contribution in [2.24, 2.45) is 0 Å². The van der Waals surface area contributed by atoms with E-state index in [1.54, 1.807) is 11.0 Å². The maximum absolute atomic E-state index is 12.1. The monoisotopic (exact) mass is 1180 g/mol. The van der Waals surface area contributed by atoms with Crippen LogP contribution in [-0.4, -0.2) is 103 Å². The number of benzene rings is 3. The zero-order chi connectivity index (χ0) is 50.1. The first-order chi connectivity index (χ1) is 33.8. The highest BCUT2D eigenvalue weighted by atomic mass is 79.9. The number of anilines is 1. The van der Waals surface area contributed by atoms with Gasteiger partial charge in [-0.1, -0.05) is 36.4 Å². The fourth-order valence-electron chi connectivity index (χ4n) is 8.21. The van der Waals surface area contributed by atoms with Gasteiger partial charge in [0.25, 0.3) is 0 Å². The number of nitrogens with zero attached hydrogens (tertiary/aromatic N) is 4. The molecule has 388 valence electrons. The van der Waals surface area contributed by atoms with Gasteiger partial charge in [-0.05, 0) is 199 Å². The van der Waals surface area contributed by atoms with Crippen molar-refractivity contribution >= 4 is 91.0 Å². The van der Waals surface area contributed by atoms with E-state index in [-0.39, 0.29) is 18.5 Å². The number of rotatable bonds is 13. The van der Waals surface area contributed by atoms with Crippen LogP contribution in [0.15, 0.2) is 118 Å². The Bertz CT molecular complexity index is 2190. The summed E-state index contributed by atoms with van der Waals surface area (Å²) in [6.45, 7) is 13.2. The van der Waals surface area contributed by atoms with Crippen molar-refractivity contribution < 1.29 is 28.1 Å². The number of hydrogen-bond donors (Lipinski definition) is 1. The molecule has 3 aromatic carbocycles. The van der Waals surface area contributed by atoms with Gasteiger partial charge in [0, 0.05) is 47.5 Å². The molecule has 3 saturated heterocycles. The molecule has 8 rings (SSSR count). The molecule has 71 heavy (non-hydrogen) atoms. The first-order valence-corrected chi connectivity index (χ1v) is 27.2. The SMILES string of the molecule is CC(C)(C)OC(=O)N1CCC(c2ccc(OCCCl)cc2)CC1.Cl.ClCCOc1ccc(C2CCN(c3ccc(Br)cn3)CC2)cc1.ClCCOc1ccc(C2CCNCC2)cc1.Fc1ccc(Br)cn1. The van der Waals surface area contributed by atoms with E-state index in [0.29, 0.717) is 55.2 Å². The predicted molar refractivity (Wildman–Crippen MR) is 298 cm³/mol. The van der Waals surface area contributed by atoms with Gasteiger partial charge in [-0.25, -0.2) is 14.8 Å². The zero-order valence-corrected chi connectivity index (χ0v) is 47.1. The standard InChI is InChI=1S/C18H20BrClN2O.C18H26ClNO3.C13H18ClNO.C5H3BrFN.ClH/c19-16-3-6-18(21-13-16)22-10-7-15(8-11-22)14-1-4-17(5-2-14)23-12-9-20;1-18(2,3)23-17(21)20-11-8-15(9-12-20)14-4-6-16(7-5-14)22-13-10-19;14-7-10-16-13-3-1-11(2-4-13)12-5-8-15-9-6-12;6-4-1-2-5(7)8-3-4;/h1-6,13,15H,7-12H2;4-7,15H,8-13H2,1-3H3;1-4,12,15H,5-10H2;1-3H;1H. The number of aromatic nitrogens is 2. The minimum absolute atomic E-state index is 0. The number of hydrogen-bond acceptors (Lipinski definition) is 9. The van der Waals surface area contributed by atoms with Crippen LogP contribution in [0.3, 0.4) is 0 Å². The minimum Gasteiger partial charge on any atom is -0.492 e. The number of halogens is 7. The summed E-state index contributed by atoms with van der Waals surface area (Å²) in [4.78, 5) is 24.1. The highest BCUT2D eigenvalue weighted by Crippen LogP contribution is 2.32. The third kappa shape index (κ3) is 22.2. The van der Waals surface area contributed by atoms with Crippen LogP contribution in [0.2, 0.25) is 0 Å². The normalized spacial score (nSPS) is 15.3. The molecule has 1 N–H and O–H groups in total. The maximum Gasteiger partial charge on any atom is 0.410 e. The number of carbonyl (C=O) groups is 1. The summed E-state index contributed by atoms with van der Waals surface area (Å²) < 4.78 is 35.7. The van der Waals surface area contributed by atoms with Crippen LogP contribution in [0, 0.1) is 5.95 Å². The van der Waals surface area contributed by atoms with E-state index in [2.05, 4.69) is 94.5 Å². The molecule has 2 aromatic heterocycles. The van der Waals surface area contributed by atoms with Crippen molar-refractivity contribution in [3.8, 4) is 17.2 Å². The second-order valence-electron chi connectivity index (χ2n) is 18.0. The Kier molecular flexibility index (Phi) is 27.5. The topological polar surface area (TPSA) is 98.3 Å². The lowest BCUT2D eigenvalue weighted by molar-refractivity contribution is 0.0204. The fourth-order valence-corrected chi connectivity index (χ4v) is 8.91. The Morgan fingerprint density at radius 1 is 0.606 bits per heavy atom. The lowest BCUT2D eigenvalue weighted by Crippen LogP contribution is -2.41. The Morgan fingerprint density at radius 3 is 1.35 bits per heavy atom. The van der Waals surface area contributed by atoms with E-state index < -0.39 is 11.5 Å². The van der Waals surface area contributed by atoms with E-state index in [0.717, 1.165) is 97.0 Å². The molecule has 0 spiro atoms. The number of amides is 1. The molecule has 0 radical (unpaired) electrons. The summed E-state index contributed by atoms with van der Waals surface area (Å²) in [6.07, 6.45) is 9.77. The highest BCUT2D eigenvalue weighted by molar-refractivity contribution is 9.10. The van der Waals surface area contributed by atoms with Crippen LogP contribution in [0.1, 0.15) is 93.7 Å². The van der Waals surface area contributed by atoms with Crippen LogP contribution in [-0.2, 0) is 4.74 Å². The predicted octanol–water partition coefficient (Wildman–Crippen LogP) is 14.4. The van der Waals surface area contributed by atoms with Crippen LogP contribution in [0.5, 0.6) is 17.2 Å². The molecule has 0 atom stereocenters. The molecule has 0 unspecified atom stereocenters. The first-order valence-electron chi connectivity index (χ1n) is 24.0. The van der Waals surface area contributed by atoms with Crippen molar-refractivity contribution in [1.29, 1.82) is 0 Å². The Hall–Kier alpha value is -3.56. The Labute approximate surface area is 458 Å². The number of piperidine rings is 3. The molecule has 1 amide bonds. The van der Waals surface area contributed by atoms with Gasteiger partial charge in [-0.2, -0.15) is 4.39 Å². The maximum atomic E-state index is 12.1. The summed E-state index contributed by atoms with van der Waals surface area (Å²) in [5.41, 5.74) is 3.69. The van der Waals surface area contributed by atoms with Gasteiger partial charge >= 0.3 is 6.09 Å². The van der Waals surface area contributed by atoms with Crippen molar-refractivity contribution in [1.82, 2.24) is 20.2 Å². The zero-order valence-electron chi connectivity index (χ0n) is 40.9. The van der Waals surface area contributed by atoms with E-state index >= 15 is 0 Å². The lowest BCUT2D eigenvalue weighted by Gasteiger charge is -2.33. The van der Waals surface area contributed by atoms with Crippen LogP contribution >= 0.6 is 79.1 Å². The molecule has 3 aliphatic rings. The molecule has 3 fully saturated rings. The molecule has 5 aromatic rings. The number of pyridine rings is 2.